The van der Waals surface area contributed by atoms with Crippen LogP contribution in [0.25, 0.3) is 0 Å². The van der Waals surface area contributed by atoms with Gasteiger partial charge in [-0.3, -0.25) is 4.79 Å². The van der Waals surface area contributed by atoms with Crippen LogP contribution in [0, 0.1) is 5.92 Å². The molecule has 0 aliphatic carbocycles. The molecule has 0 aromatic rings. The maximum absolute atomic E-state index is 11.8. The fourth-order valence-corrected chi connectivity index (χ4v) is 1.98. The van der Waals surface area contributed by atoms with Crippen LogP contribution >= 0.6 is 0 Å². The number of piperidine rings is 1. The second kappa shape index (κ2) is 7.20. The van der Waals surface area contributed by atoms with Crippen LogP contribution in [-0.4, -0.2) is 54.9 Å². The largest absolute Gasteiger partial charge is 0.481 e. The van der Waals surface area contributed by atoms with Crippen LogP contribution in [0.1, 0.15) is 26.2 Å². The van der Waals surface area contributed by atoms with Crippen LogP contribution in [-0.2, 0) is 9.53 Å². The highest BCUT2D eigenvalue weighted by atomic mass is 16.5. The molecular formula is C12H22N2O4. The number of urea groups is 1. The van der Waals surface area contributed by atoms with Crippen molar-refractivity contribution in [1.29, 1.82) is 0 Å². The third-order valence-corrected chi connectivity index (χ3v) is 3.29. The van der Waals surface area contributed by atoms with Crippen molar-refractivity contribution in [2.75, 3.05) is 26.7 Å². The van der Waals surface area contributed by atoms with Crippen molar-refractivity contribution in [2.24, 2.45) is 5.92 Å². The van der Waals surface area contributed by atoms with Crippen LogP contribution in [0.5, 0.6) is 0 Å². The first kappa shape index (κ1) is 14.8. The van der Waals surface area contributed by atoms with E-state index in [-0.39, 0.29) is 12.1 Å². The first-order valence-electron chi connectivity index (χ1n) is 6.33. The predicted octanol–water partition coefficient (Wildman–Crippen LogP) is 0.918. The van der Waals surface area contributed by atoms with Crippen molar-refractivity contribution in [1.82, 2.24) is 10.2 Å². The Labute approximate surface area is 107 Å². The monoisotopic (exact) mass is 258 g/mol. The maximum Gasteiger partial charge on any atom is 0.317 e. The molecule has 0 spiro atoms. The summed E-state index contributed by atoms with van der Waals surface area (Å²) in [4.78, 5) is 24.3. The molecule has 6 nitrogen and oxygen atoms in total. The Balaban J connectivity index is 2.30. The molecule has 1 aliphatic rings. The van der Waals surface area contributed by atoms with Crippen molar-refractivity contribution >= 4 is 12.0 Å². The summed E-state index contributed by atoms with van der Waals surface area (Å²) in [6.07, 6.45) is 2.26. The van der Waals surface area contributed by atoms with Gasteiger partial charge in [0.15, 0.2) is 0 Å². The van der Waals surface area contributed by atoms with Crippen LogP contribution in [0.2, 0.25) is 0 Å². The van der Waals surface area contributed by atoms with Crippen molar-refractivity contribution in [2.45, 2.75) is 32.3 Å². The second-order valence-corrected chi connectivity index (χ2v) is 4.69. The van der Waals surface area contributed by atoms with E-state index >= 15 is 0 Å². The second-order valence-electron chi connectivity index (χ2n) is 4.69. The number of carboxylic acids is 1. The summed E-state index contributed by atoms with van der Waals surface area (Å²) < 4.78 is 5.08. The number of amides is 2. The highest BCUT2D eigenvalue weighted by molar-refractivity contribution is 5.76. The number of likely N-dealkylation sites (tertiary alicyclic amines) is 1. The molecule has 2 amide bonds. The quantitative estimate of drug-likeness (QED) is 0.768. The van der Waals surface area contributed by atoms with Crippen LogP contribution in [0.15, 0.2) is 0 Å². The highest BCUT2D eigenvalue weighted by Crippen LogP contribution is 2.16. The normalized spacial score (nSPS) is 21.4. The number of ether oxygens (including phenoxy) is 1. The molecule has 0 aromatic carbocycles. The van der Waals surface area contributed by atoms with Crippen LogP contribution in [0.4, 0.5) is 4.79 Å². The van der Waals surface area contributed by atoms with Gasteiger partial charge >= 0.3 is 12.0 Å². The number of carboxylic acid groups (broad SMARTS) is 1. The number of hydrogen-bond donors (Lipinski definition) is 2. The zero-order valence-electron chi connectivity index (χ0n) is 11.0. The number of methoxy groups -OCH3 is 1. The van der Waals surface area contributed by atoms with Gasteiger partial charge < -0.3 is 20.1 Å². The summed E-state index contributed by atoms with van der Waals surface area (Å²) in [5, 5.41) is 11.7. The summed E-state index contributed by atoms with van der Waals surface area (Å²) in [6.45, 7) is 3.42. The molecule has 1 heterocycles. The lowest BCUT2D eigenvalue weighted by Crippen LogP contribution is -2.47. The number of aliphatic carboxylic acids is 1. The zero-order valence-corrected chi connectivity index (χ0v) is 11.0. The lowest BCUT2D eigenvalue weighted by molar-refractivity contribution is -0.143. The van der Waals surface area contributed by atoms with E-state index < -0.39 is 11.9 Å². The van der Waals surface area contributed by atoms with Gasteiger partial charge in [-0.05, 0) is 26.2 Å². The van der Waals surface area contributed by atoms with E-state index in [9.17, 15) is 9.59 Å². The summed E-state index contributed by atoms with van der Waals surface area (Å²) in [6, 6.07) is -0.177. The van der Waals surface area contributed by atoms with Gasteiger partial charge in [0.05, 0.1) is 12.0 Å². The summed E-state index contributed by atoms with van der Waals surface area (Å²) in [7, 11) is 1.63. The molecule has 104 valence electrons. The van der Waals surface area contributed by atoms with Gasteiger partial charge in [0.1, 0.15) is 0 Å². The third kappa shape index (κ3) is 4.52. The average Bonchev–Trinajstić information content (AvgIpc) is 2.38. The van der Waals surface area contributed by atoms with E-state index in [4.69, 9.17) is 9.84 Å². The van der Waals surface area contributed by atoms with Crippen molar-refractivity contribution in [3.8, 4) is 0 Å². The highest BCUT2D eigenvalue weighted by Gasteiger charge is 2.27. The van der Waals surface area contributed by atoms with E-state index in [1.165, 1.54) is 0 Å². The molecule has 2 atom stereocenters. The Morgan fingerprint density at radius 2 is 2.28 bits per heavy atom. The van der Waals surface area contributed by atoms with Gasteiger partial charge in [0, 0.05) is 26.7 Å². The standard InChI is InChI=1S/C12H22N2O4/c1-9(18-2)5-6-13-12(17)14-7-3-4-10(8-14)11(15)16/h9-10H,3-8H2,1-2H3,(H,13,17)(H,15,16). The molecule has 2 N–H and O–H groups in total. The van der Waals surface area contributed by atoms with Gasteiger partial charge in [-0.1, -0.05) is 0 Å². The van der Waals surface area contributed by atoms with Gasteiger partial charge in [-0.25, -0.2) is 4.79 Å². The van der Waals surface area contributed by atoms with E-state index in [0.717, 1.165) is 12.8 Å². The summed E-state index contributed by atoms with van der Waals surface area (Å²) in [5.74, 6) is -1.25. The number of nitrogens with one attached hydrogen (secondary N) is 1. The molecule has 1 fully saturated rings. The van der Waals surface area contributed by atoms with Crippen LogP contribution < -0.4 is 5.32 Å². The average molecular weight is 258 g/mol. The van der Waals surface area contributed by atoms with Crippen molar-refractivity contribution in [3.63, 3.8) is 0 Å². The molecule has 18 heavy (non-hydrogen) atoms. The lowest BCUT2D eigenvalue weighted by atomic mass is 9.99. The Morgan fingerprint density at radius 3 is 2.89 bits per heavy atom. The topological polar surface area (TPSA) is 78.9 Å². The lowest BCUT2D eigenvalue weighted by Gasteiger charge is -2.30. The van der Waals surface area contributed by atoms with Crippen molar-refractivity contribution < 1.29 is 19.4 Å². The van der Waals surface area contributed by atoms with Gasteiger partial charge in [0.25, 0.3) is 0 Å². The minimum atomic E-state index is -0.819. The first-order chi connectivity index (χ1) is 8.54. The SMILES string of the molecule is COC(C)CCNC(=O)N1CCCC(C(=O)O)C1. The zero-order chi connectivity index (χ0) is 13.5. The van der Waals surface area contributed by atoms with Crippen LogP contribution in [0.3, 0.4) is 0 Å². The fraction of sp³-hybridized carbons (Fsp3) is 0.833. The van der Waals surface area contributed by atoms with E-state index in [1.807, 2.05) is 6.92 Å². The third-order valence-electron chi connectivity index (χ3n) is 3.29. The summed E-state index contributed by atoms with van der Waals surface area (Å²) >= 11 is 0. The van der Waals surface area contributed by atoms with Gasteiger partial charge in [-0.15, -0.1) is 0 Å². The number of hydrogen-bond acceptors (Lipinski definition) is 3. The Morgan fingerprint density at radius 1 is 1.56 bits per heavy atom. The van der Waals surface area contributed by atoms with Gasteiger partial charge in [-0.2, -0.15) is 0 Å². The van der Waals surface area contributed by atoms with E-state index in [0.29, 0.717) is 26.1 Å². The minimum Gasteiger partial charge on any atom is -0.481 e. The molecule has 0 aromatic heterocycles. The van der Waals surface area contributed by atoms with E-state index in [2.05, 4.69) is 5.32 Å². The Bertz CT molecular complexity index is 296. The number of rotatable bonds is 5. The molecule has 1 rings (SSSR count). The molecule has 1 saturated heterocycles. The molecular weight excluding hydrogens is 236 g/mol. The number of nitrogens with zero attached hydrogens (tertiary/aromatic N) is 1. The molecule has 1 aliphatic heterocycles. The molecule has 2 unspecified atom stereocenters. The predicted molar refractivity (Wildman–Crippen MR) is 66.4 cm³/mol. The Hall–Kier alpha value is -1.30. The summed E-state index contributed by atoms with van der Waals surface area (Å²) in [5.41, 5.74) is 0. The smallest absolute Gasteiger partial charge is 0.317 e. The molecule has 0 bridgehead atoms. The molecule has 0 saturated carbocycles. The number of carbonyl (C=O) groups excluding carboxylic acids is 1. The molecule has 0 radical (unpaired) electrons. The minimum absolute atomic E-state index is 0.110. The fourth-order valence-electron chi connectivity index (χ4n) is 1.98. The maximum atomic E-state index is 11.8. The number of carbonyl (C=O) groups is 2. The first-order valence-corrected chi connectivity index (χ1v) is 6.33. The Kier molecular flexibility index (Phi) is 5.91. The molecule has 6 heteroatoms. The van der Waals surface area contributed by atoms with Crippen molar-refractivity contribution in [3.05, 3.63) is 0 Å². The van der Waals surface area contributed by atoms with E-state index in [1.54, 1.807) is 12.0 Å². The van der Waals surface area contributed by atoms with Gasteiger partial charge in [0.2, 0.25) is 0 Å².